The molecule has 2 atom stereocenters. The van der Waals surface area contributed by atoms with Gasteiger partial charge in [0.2, 0.25) is 11.7 Å². The minimum absolute atomic E-state index is 0.0194. The van der Waals surface area contributed by atoms with Crippen LogP contribution in [0.3, 0.4) is 0 Å². The maximum absolute atomic E-state index is 11.7. The second-order valence-corrected chi connectivity index (χ2v) is 7.63. The summed E-state index contributed by atoms with van der Waals surface area (Å²) in [6.07, 6.45) is 0. The fourth-order valence-electron chi connectivity index (χ4n) is 3.91. The van der Waals surface area contributed by atoms with Crippen molar-refractivity contribution in [1.29, 1.82) is 0 Å². The average molecular weight is 357 g/mol. The van der Waals surface area contributed by atoms with E-state index in [4.69, 9.17) is 9.26 Å². The molecule has 0 bridgehead atoms. The summed E-state index contributed by atoms with van der Waals surface area (Å²) in [6, 6.07) is 8.16. The summed E-state index contributed by atoms with van der Waals surface area (Å²) in [5, 5.41) is 13.7. The van der Waals surface area contributed by atoms with Crippen LogP contribution in [0, 0.1) is 11.3 Å². The van der Waals surface area contributed by atoms with Crippen LogP contribution in [0.25, 0.3) is 11.4 Å². The molecule has 0 aliphatic carbocycles. The number of likely N-dealkylation sites (tertiary alicyclic amines) is 1. The molecule has 1 N–H and O–H groups in total. The zero-order chi connectivity index (χ0) is 18.3. The van der Waals surface area contributed by atoms with Crippen molar-refractivity contribution in [2.45, 2.75) is 26.3 Å². The minimum atomic E-state index is -0.796. The summed E-state index contributed by atoms with van der Waals surface area (Å²) < 4.78 is 10.8. The van der Waals surface area contributed by atoms with E-state index in [1.54, 1.807) is 0 Å². The molecule has 2 fully saturated rings. The van der Waals surface area contributed by atoms with Gasteiger partial charge in [-0.25, -0.2) is 0 Å². The third-order valence-corrected chi connectivity index (χ3v) is 5.53. The maximum Gasteiger partial charge on any atom is 0.313 e. The molecule has 2 aromatic rings. The Labute approximate surface area is 152 Å². The first kappa shape index (κ1) is 17.2. The number of carbonyl (C=O) groups is 1. The third-order valence-electron chi connectivity index (χ3n) is 5.53. The Kier molecular flexibility index (Phi) is 4.28. The van der Waals surface area contributed by atoms with Crippen molar-refractivity contribution in [3.05, 3.63) is 35.7 Å². The Hall–Kier alpha value is -2.25. The van der Waals surface area contributed by atoms with Crippen LogP contribution in [0.15, 0.2) is 28.8 Å². The zero-order valence-corrected chi connectivity index (χ0v) is 15.0. The van der Waals surface area contributed by atoms with Crippen molar-refractivity contribution in [2.24, 2.45) is 11.3 Å². The predicted octanol–water partition coefficient (Wildman–Crippen LogP) is 2.39. The highest BCUT2D eigenvalue weighted by Gasteiger charge is 2.56. The van der Waals surface area contributed by atoms with Crippen molar-refractivity contribution >= 4 is 5.97 Å². The van der Waals surface area contributed by atoms with E-state index in [1.807, 2.05) is 12.1 Å². The SMILES string of the molecule is CC(C)c1ccc(-c2noc(CN3C[C@@H]4COC[C@]4(C(=O)O)C3)n2)cc1. The molecule has 1 aromatic carbocycles. The van der Waals surface area contributed by atoms with Crippen molar-refractivity contribution in [2.75, 3.05) is 26.3 Å². The van der Waals surface area contributed by atoms with Gasteiger partial charge in [-0.15, -0.1) is 0 Å². The van der Waals surface area contributed by atoms with Gasteiger partial charge in [0.05, 0.1) is 19.8 Å². The largest absolute Gasteiger partial charge is 0.481 e. The fourth-order valence-corrected chi connectivity index (χ4v) is 3.91. The molecule has 2 aliphatic rings. The Morgan fingerprint density at radius 2 is 2.15 bits per heavy atom. The topological polar surface area (TPSA) is 88.7 Å². The molecule has 0 amide bonds. The molecule has 3 heterocycles. The fraction of sp³-hybridized carbons (Fsp3) is 0.526. The van der Waals surface area contributed by atoms with Gasteiger partial charge in [0.15, 0.2) is 0 Å². The standard InChI is InChI=1S/C19H23N3O4/c1-12(2)13-3-5-14(6-4-13)17-20-16(26-21-17)8-22-7-15-9-25-11-19(15,10-22)18(23)24/h3-6,12,15H,7-11H2,1-2H3,(H,23,24)/t15-,19-/m1/s1. The monoisotopic (exact) mass is 357 g/mol. The summed E-state index contributed by atoms with van der Waals surface area (Å²) in [6.45, 7) is 6.67. The number of benzene rings is 1. The van der Waals surface area contributed by atoms with Gasteiger partial charge < -0.3 is 14.4 Å². The lowest BCUT2D eigenvalue weighted by Gasteiger charge is -2.21. The smallest absolute Gasteiger partial charge is 0.313 e. The van der Waals surface area contributed by atoms with E-state index >= 15 is 0 Å². The average Bonchev–Trinajstić information content (AvgIpc) is 3.29. The zero-order valence-electron chi connectivity index (χ0n) is 15.0. The van der Waals surface area contributed by atoms with Crippen LogP contribution >= 0.6 is 0 Å². The second-order valence-electron chi connectivity index (χ2n) is 7.63. The van der Waals surface area contributed by atoms with Gasteiger partial charge in [-0.2, -0.15) is 4.98 Å². The number of hydrogen-bond acceptors (Lipinski definition) is 6. The quantitative estimate of drug-likeness (QED) is 0.879. The first-order chi connectivity index (χ1) is 12.5. The van der Waals surface area contributed by atoms with Crippen LogP contribution in [0.5, 0.6) is 0 Å². The molecule has 1 aromatic heterocycles. The van der Waals surface area contributed by atoms with Crippen molar-refractivity contribution in [3.8, 4) is 11.4 Å². The lowest BCUT2D eigenvalue weighted by molar-refractivity contribution is -0.149. The molecule has 4 rings (SSSR count). The van der Waals surface area contributed by atoms with Gasteiger partial charge in [0, 0.05) is 24.6 Å². The summed E-state index contributed by atoms with van der Waals surface area (Å²) in [4.78, 5) is 18.3. The molecule has 0 unspecified atom stereocenters. The highest BCUT2D eigenvalue weighted by Crippen LogP contribution is 2.41. The van der Waals surface area contributed by atoms with E-state index in [9.17, 15) is 9.90 Å². The van der Waals surface area contributed by atoms with Gasteiger partial charge in [-0.3, -0.25) is 9.69 Å². The number of fused-ring (bicyclic) bond motifs is 1. The van der Waals surface area contributed by atoms with Gasteiger partial charge >= 0.3 is 5.97 Å². The van der Waals surface area contributed by atoms with E-state index in [0.717, 1.165) is 5.56 Å². The molecule has 0 saturated carbocycles. The van der Waals surface area contributed by atoms with E-state index in [2.05, 4.69) is 41.0 Å². The van der Waals surface area contributed by atoms with Crippen LogP contribution in [-0.4, -0.2) is 52.4 Å². The number of rotatable bonds is 5. The predicted molar refractivity (Wildman–Crippen MR) is 93.5 cm³/mol. The minimum Gasteiger partial charge on any atom is -0.481 e. The van der Waals surface area contributed by atoms with Crippen LogP contribution < -0.4 is 0 Å². The van der Waals surface area contributed by atoms with Crippen molar-refractivity contribution in [1.82, 2.24) is 15.0 Å². The van der Waals surface area contributed by atoms with E-state index in [0.29, 0.717) is 43.9 Å². The number of nitrogens with zero attached hydrogens (tertiary/aromatic N) is 3. The van der Waals surface area contributed by atoms with Crippen LogP contribution in [0.2, 0.25) is 0 Å². The number of carboxylic acids is 1. The van der Waals surface area contributed by atoms with Crippen LogP contribution in [0.1, 0.15) is 31.2 Å². The second kappa shape index (κ2) is 6.48. The van der Waals surface area contributed by atoms with E-state index in [1.165, 1.54) is 5.56 Å². The molecular weight excluding hydrogens is 334 g/mol. The Morgan fingerprint density at radius 1 is 1.38 bits per heavy atom. The molecule has 2 saturated heterocycles. The first-order valence-corrected chi connectivity index (χ1v) is 8.94. The molecule has 0 radical (unpaired) electrons. The Balaban J connectivity index is 1.45. The first-order valence-electron chi connectivity index (χ1n) is 8.94. The highest BCUT2D eigenvalue weighted by atomic mass is 16.5. The number of ether oxygens (including phenoxy) is 1. The van der Waals surface area contributed by atoms with E-state index < -0.39 is 11.4 Å². The maximum atomic E-state index is 11.7. The summed E-state index contributed by atoms with van der Waals surface area (Å²) in [7, 11) is 0. The van der Waals surface area contributed by atoms with E-state index in [-0.39, 0.29) is 12.5 Å². The molecular formula is C19H23N3O4. The normalized spacial score (nSPS) is 25.7. The third kappa shape index (κ3) is 2.91. The van der Waals surface area contributed by atoms with Crippen molar-refractivity contribution < 1.29 is 19.2 Å². The van der Waals surface area contributed by atoms with Gasteiger partial charge in [0.1, 0.15) is 5.41 Å². The lowest BCUT2D eigenvalue weighted by Crippen LogP contribution is -2.38. The molecule has 0 spiro atoms. The number of aromatic nitrogens is 2. The summed E-state index contributed by atoms with van der Waals surface area (Å²) in [5.41, 5.74) is 1.38. The van der Waals surface area contributed by atoms with Gasteiger partial charge in [-0.05, 0) is 11.5 Å². The molecule has 26 heavy (non-hydrogen) atoms. The Morgan fingerprint density at radius 3 is 2.81 bits per heavy atom. The van der Waals surface area contributed by atoms with Gasteiger partial charge in [-0.1, -0.05) is 43.3 Å². The van der Waals surface area contributed by atoms with Gasteiger partial charge in [0.25, 0.3) is 0 Å². The highest BCUT2D eigenvalue weighted by molar-refractivity contribution is 5.76. The molecule has 138 valence electrons. The molecule has 7 nitrogen and oxygen atoms in total. The number of carboxylic acid groups (broad SMARTS) is 1. The lowest BCUT2D eigenvalue weighted by atomic mass is 9.81. The summed E-state index contributed by atoms with van der Waals surface area (Å²) >= 11 is 0. The number of hydrogen-bond donors (Lipinski definition) is 1. The number of aliphatic carboxylic acids is 1. The van der Waals surface area contributed by atoms with Crippen LogP contribution in [-0.2, 0) is 16.1 Å². The summed E-state index contributed by atoms with van der Waals surface area (Å²) in [5.74, 6) is 0.787. The van der Waals surface area contributed by atoms with Crippen LogP contribution in [0.4, 0.5) is 0 Å². The molecule has 7 heteroatoms. The Bertz CT molecular complexity index is 801. The van der Waals surface area contributed by atoms with Crippen molar-refractivity contribution in [3.63, 3.8) is 0 Å². The molecule has 2 aliphatic heterocycles.